The first-order valence-electron chi connectivity index (χ1n) is 6.61. The van der Waals surface area contributed by atoms with E-state index in [1.807, 2.05) is 0 Å². The number of methoxy groups -OCH3 is 1. The summed E-state index contributed by atoms with van der Waals surface area (Å²) in [7, 11) is 1.62. The van der Waals surface area contributed by atoms with Crippen molar-refractivity contribution in [2.24, 2.45) is 0 Å². The second-order valence-electron chi connectivity index (χ2n) is 5.04. The number of nitrogens with zero attached hydrogens (tertiary/aromatic N) is 2. The van der Waals surface area contributed by atoms with Gasteiger partial charge in [-0.3, -0.25) is 0 Å². The lowest BCUT2D eigenvalue weighted by molar-refractivity contribution is -0.0846. The molecule has 0 bridgehead atoms. The Balaban J connectivity index is 2.11. The molecule has 0 N–H and O–H groups in total. The SMILES string of the molecule is COC1(c2nc(Cl)c(-c3ccccc3F)c(Cl)n2)CCC1. The minimum Gasteiger partial charge on any atom is -0.370 e. The van der Waals surface area contributed by atoms with Gasteiger partial charge in [0.15, 0.2) is 5.82 Å². The predicted octanol–water partition coefficient (Wildman–Crippen LogP) is 4.62. The van der Waals surface area contributed by atoms with E-state index in [4.69, 9.17) is 27.9 Å². The van der Waals surface area contributed by atoms with Crippen LogP contribution in [0.1, 0.15) is 25.1 Å². The Hall–Kier alpha value is -1.23. The third kappa shape index (κ3) is 2.41. The Bertz CT molecular complexity index is 661. The molecule has 3 nitrogen and oxygen atoms in total. The molecule has 1 aromatic heterocycles. The van der Waals surface area contributed by atoms with Gasteiger partial charge in [0.25, 0.3) is 0 Å². The van der Waals surface area contributed by atoms with Crippen molar-refractivity contribution in [3.8, 4) is 11.1 Å². The van der Waals surface area contributed by atoms with Gasteiger partial charge in [-0.1, -0.05) is 41.4 Å². The van der Waals surface area contributed by atoms with Crippen LogP contribution >= 0.6 is 23.2 Å². The van der Waals surface area contributed by atoms with E-state index in [9.17, 15) is 4.39 Å². The van der Waals surface area contributed by atoms with Crippen LogP contribution in [0.4, 0.5) is 4.39 Å². The third-order valence-electron chi connectivity index (χ3n) is 3.92. The zero-order valence-corrected chi connectivity index (χ0v) is 12.9. The van der Waals surface area contributed by atoms with Gasteiger partial charge in [0.1, 0.15) is 21.7 Å². The van der Waals surface area contributed by atoms with Crippen LogP contribution in [0.25, 0.3) is 11.1 Å². The van der Waals surface area contributed by atoms with Crippen LogP contribution < -0.4 is 0 Å². The summed E-state index contributed by atoms with van der Waals surface area (Å²) in [6.07, 6.45) is 2.70. The minimum atomic E-state index is -0.513. The first-order valence-corrected chi connectivity index (χ1v) is 7.36. The summed E-state index contributed by atoms with van der Waals surface area (Å²) in [6, 6.07) is 6.26. The Labute approximate surface area is 132 Å². The van der Waals surface area contributed by atoms with Crippen molar-refractivity contribution < 1.29 is 9.13 Å². The Morgan fingerprint density at radius 3 is 2.24 bits per heavy atom. The van der Waals surface area contributed by atoms with Crippen LogP contribution in [-0.4, -0.2) is 17.1 Å². The van der Waals surface area contributed by atoms with Crippen molar-refractivity contribution in [3.05, 3.63) is 46.2 Å². The van der Waals surface area contributed by atoms with Crippen molar-refractivity contribution >= 4 is 23.2 Å². The maximum absolute atomic E-state index is 13.9. The summed E-state index contributed by atoms with van der Waals surface area (Å²) >= 11 is 12.5. The van der Waals surface area contributed by atoms with Gasteiger partial charge in [0.05, 0.1) is 5.56 Å². The summed E-state index contributed by atoms with van der Waals surface area (Å²) in [5, 5.41) is 0.275. The van der Waals surface area contributed by atoms with Gasteiger partial charge in [-0.25, -0.2) is 14.4 Å². The molecule has 1 aliphatic carbocycles. The zero-order valence-electron chi connectivity index (χ0n) is 11.4. The molecule has 1 fully saturated rings. The van der Waals surface area contributed by atoms with Crippen LogP contribution in [0, 0.1) is 5.82 Å². The summed E-state index contributed by atoms with van der Waals surface area (Å²) in [4.78, 5) is 8.59. The van der Waals surface area contributed by atoms with Crippen LogP contribution in [0.15, 0.2) is 24.3 Å². The maximum Gasteiger partial charge on any atom is 0.163 e. The molecular weight excluding hydrogens is 314 g/mol. The van der Waals surface area contributed by atoms with Crippen molar-refractivity contribution in [1.82, 2.24) is 9.97 Å². The largest absolute Gasteiger partial charge is 0.370 e. The molecule has 6 heteroatoms. The lowest BCUT2D eigenvalue weighted by Crippen LogP contribution is -2.38. The number of hydrogen-bond donors (Lipinski definition) is 0. The van der Waals surface area contributed by atoms with Crippen LogP contribution in [0.2, 0.25) is 10.3 Å². The third-order valence-corrected chi connectivity index (χ3v) is 4.47. The molecule has 0 saturated heterocycles. The molecule has 0 aliphatic heterocycles. The molecule has 0 amide bonds. The van der Waals surface area contributed by atoms with Crippen molar-refractivity contribution in [2.75, 3.05) is 7.11 Å². The van der Waals surface area contributed by atoms with E-state index in [1.54, 1.807) is 25.3 Å². The fourth-order valence-corrected chi connectivity index (χ4v) is 3.11. The van der Waals surface area contributed by atoms with Gasteiger partial charge < -0.3 is 4.74 Å². The molecule has 21 heavy (non-hydrogen) atoms. The van der Waals surface area contributed by atoms with Gasteiger partial charge >= 0.3 is 0 Å². The smallest absolute Gasteiger partial charge is 0.163 e. The maximum atomic E-state index is 13.9. The Morgan fingerprint density at radius 2 is 1.76 bits per heavy atom. The van der Waals surface area contributed by atoms with Gasteiger partial charge in [-0.2, -0.15) is 0 Å². The molecule has 3 rings (SSSR count). The average Bonchev–Trinajstić information content (AvgIpc) is 2.39. The van der Waals surface area contributed by atoms with E-state index >= 15 is 0 Å². The average molecular weight is 327 g/mol. The second kappa shape index (κ2) is 5.52. The first-order chi connectivity index (χ1) is 10.1. The van der Waals surface area contributed by atoms with Crippen molar-refractivity contribution in [2.45, 2.75) is 24.9 Å². The van der Waals surface area contributed by atoms with E-state index in [-0.39, 0.29) is 10.3 Å². The molecule has 2 aromatic rings. The summed E-state index contributed by atoms with van der Waals surface area (Å²) in [5.74, 6) is 0.0501. The van der Waals surface area contributed by atoms with E-state index in [0.717, 1.165) is 19.3 Å². The molecule has 1 heterocycles. The second-order valence-corrected chi connectivity index (χ2v) is 5.75. The minimum absolute atomic E-state index is 0.137. The lowest BCUT2D eigenvalue weighted by Gasteiger charge is -2.38. The number of hydrogen-bond acceptors (Lipinski definition) is 3. The van der Waals surface area contributed by atoms with Crippen molar-refractivity contribution in [1.29, 1.82) is 0 Å². The van der Waals surface area contributed by atoms with Crippen LogP contribution in [0.5, 0.6) is 0 Å². The molecule has 0 atom stereocenters. The zero-order chi connectivity index (χ0) is 15.0. The fraction of sp³-hybridized carbons (Fsp3) is 0.333. The highest BCUT2D eigenvalue weighted by Gasteiger charge is 2.42. The number of ether oxygens (including phenoxy) is 1. The highest BCUT2D eigenvalue weighted by molar-refractivity contribution is 6.37. The molecule has 0 unspecified atom stereocenters. The first kappa shape index (κ1) is 14.7. The molecule has 110 valence electrons. The molecular formula is C15H13Cl2FN2O. The summed E-state index contributed by atoms with van der Waals surface area (Å²) < 4.78 is 19.4. The molecule has 1 aliphatic rings. The van der Waals surface area contributed by atoms with Gasteiger partial charge in [0.2, 0.25) is 0 Å². The molecule has 1 aromatic carbocycles. The number of halogens is 3. The van der Waals surface area contributed by atoms with E-state index in [2.05, 4.69) is 9.97 Å². The number of aromatic nitrogens is 2. The lowest BCUT2D eigenvalue weighted by atomic mass is 9.79. The topological polar surface area (TPSA) is 35.0 Å². The number of rotatable bonds is 3. The fourth-order valence-electron chi connectivity index (χ4n) is 2.51. The predicted molar refractivity (Wildman–Crippen MR) is 80.0 cm³/mol. The van der Waals surface area contributed by atoms with E-state index < -0.39 is 11.4 Å². The Kier molecular flexibility index (Phi) is 3.86. The summed E-state index contributed by atoms with van der Waals surface area (Å²) in [6.45, 7) is 0. The highest BCUT2D eigenvalue weighted by atomic mass is 35.5. The highest BCUT2D eigenvalue weighted by Crippen LogP contribution is 2.44. The molecule has 0 radical (unpaired) electrons. The van der Waals surface area contributed by atoms with E-state index in [0.29, 0.717) is 17.0 Å². The Morgan fingerprint density at radius 1 is 1.14 bits per heavy atom. The quantitative estimate of drug-likeness (QED) is 0.772. The standard InChI is InChI=1S/C15H13Cl2FN2O/c1-21-15(7-4-8-15)14-19-12(16)11(13(17)20-14)9-5-2-3-6-10(9)18/h2-3,5-6H,4,7-8H2,1H3. The van der Waals surface area contributed by atoms with Gasteiger partial charge in [-0.15, -0.1) is 0 Å². The normalized spacial score (nSPS) is 16.6. The van der Waals surface area contributed by atoms with E-state index in [1.165, 1.54) is 6.07 Å². The van der Waals surface area contributed by atoms with Crippen molar-refractivity contribution in [3.63, 3.8) is 0 Å². The van der Waals surface area contributed by atoms with Gasteiger partial charge in [-0.05, 0) is 25.3 Å². The van der Waals surface area contributed by atoms with Gasteiger partial charge in [0, 0.05) is 12.7 Å². The van der Waals surface area contributed by atoms with Crippen LogP contribution in [-0.2, 0) is 10.3 Å². The molecule has 0 spiro atoms. The summed E-state index contributed by atoms with van der Waals surface area (Å²) in [5.41, 5.74) is 0.0889. The van der Waals surface area contributed by atoms with Crippen LogP contribution in [0.3, 0.4) is 0 Å². The molecule has 1 saturated carbocycles. The monoisotopic (exact) mass is 326 g/mol. The number of benzene rings is 1.